The van der Waals surface area contributed by atoms with Crippen molar-refractivity contribution in [1.82, 2.24) is 9.88 Å². The van der Waals surface area contributed by atoms with Crippen LogP contribution < -0.4 is 14.9 Å². The van der Waals surface area contributed by atoms with Crippen molar-refractivity contribution < 1.29 is 14.6 Å². The van der Waals surface area contributed by atoms with Crippen molar-refractivity contribution in [3.05, 3.63) is 69.0 Å². The van der Waals surface area contributed by atoms with Gasteiger partial charge >= 0.3 is 0 Å². The molecular formula is C28H28N2O4. The first kappa shape index (κ1) is 19.5. The molecule has 3 heterocycles. The third kappa shape index (κ3) is 2.13. The van der Waals surface area contributed by atoms with Gasteiger partial charge in [-0.2, -0.15) is 0 Å². The maximum absolute atomic E-state index is 13.7. The number of hydrogen-bond acceptors (Lipinski definition) is 5. The molecule has 6 nitrogen and oxygen atoms in total. The van der Waals surface area contributed by atoms with Gasteiger partial charge in [0, 0.05) is 41.0 Å². The van der Waals surface area contributed by atoms with Crippen LogP contribution in [0.2, 0.25) is 0 Å². The predicted molar refractivity (Wildman–Crippen MR) is 128 cm³/mol. The highest BCUT2D eigenvalue weighted by molar-refractivity contribution is 5.80. The molecule has 2 fully saturated rings. The Kier molecular flexibility index (Phi) is 3.57. The van der Waals surface area contributed by atoms with Crippen LogP contribution in [0, 0.1) is 5.92 Å². The van der Waals surface area contributed by atoms with E-state index in [2.05, 4.69) is 16.0 Å². The first-order valence-electron chi connectivity index (χ1n) is 12.5. The zero-order chi connectivity index (χ0) is 22.8. The van der Waals surface area contributed by atoms with Gasteiger partial charge in [-0.15, -0.1) is 0 Å². The maximum atomic E-state index is 13.7. The topological polar surface area (TPSA) is 74.8 Å². The van der Waals surface area contributed by atoms with Gasteiger partial charge in [-0.3, -0.25) is 9.69 Å². The third-order valence-electron chi connectivity index (χ3n) is 9.47. The molecule has 3 aromatic rings. The number of likely N-dealkylation sites (tertiary alicyclic amines) is 1. The summed E-state index contributed by atoms with van der Waals surface area (Å²) in [5, 5.41) is 13.5. The van der Waals surface area contributed by atoms with Gasteiger partial charge in [-0.25, -0.2) is 0 Å². The summed E-state index contributed by atoms with van der Waals surface area (Å²) in [7, 11) is 1.67. The highest BCUT2D eigenvalue weighted by Gasteiger charge is 2.73. The van der Waals surface area contributed by atoms with Crippen molar-refractivity contribution in [3.63, 3.8) is 0 Å². The van der Waals surface area contributed by atoms with Gasteiger partial charge in [0.05, 0.1) is 23.8 Å². The molecule has 1 aromatic heterocycles. The zero-order valence-electron chi connectivity index (χ0n) is 19.3. The Morgan fingerprint density at radius 2 is 2.09 bits per heavy atom. The van der Waals surface area contributed by atoms with Crippen molar-refractivity contribution in [1.29, 1.82) is 0 Å². The Hall–Kier alpha value is -2.83. The van der Waals surface area contributed by atoms with E-state index in [1.807, 2.05) is 30.3 Å². The summed E-state index contributed by atoms with van der Waals surface area (Å²) in [6.45, 7) is 1.97. The van der Waals surface area contributed by atoms with Gasteiger partial charge in [-0.05, 0) is 61.9 Å². The van der Waals surface area contributed by atoms with Crippen LogP contribution in [0.1, 0.15) is 47.8 Å². The molecule has 2 unspecified atom stereocenters. The Morgan fingerprint density at radius 3 is 2.91 bits per heavy atom. The summed E-state index contributed by atoms with van der Waals surface area (Å²) >= 11 is 0. The van der Waals surface area contributed by atoms with E-state index in [0.717, 1.165) is 54.4 Å². The average Bonchev–Trinajstić information content (AvgIpc) is 3.59. The van der Waals surface area contributed by atoms with E-state index >= 15 is 0 Å². The summed E-state index contributed by atoms with van der Waals surface area (Å²) in [6.07, 6.45) is 4.06. The largest absolute Gasteiger partial charge is 0.493 e. The van der Waals surface area contributed by atoms with Crippen LogP contribution in [0.4, 0.5) is 0 Å². The SMILES string of the molecule is COc1ccc2c3c1OC1c4[nH]c5ccccc5c(=O)c4CC4(O)[C@H](C2)N(CC2CC2)CC[C@]314. The fourth-order valence-electron chi connectivity index (χ4n) is 7.78. The van der Waals surface area contributed by atoms with E-state index in [1.165, 1.54) is 18.4 Å². The first-order valence-corrected chi connectivity index (χ1v) is 12.5. The molecule has 2 aliphatic heterocycles. The van der Waals surface area contributed by atoms with Crippen molar-refractivity contribution in [3.8, 4) is 11.5 Å². The normalized spacial score (nSPS) is 32.8. The number of pyridine rings is 1. The number of fused-ring (bicyclic) bond motifs is 3. The van der Waals surface area contributed by atoms with Crippen molar-refractivity contribution in [2.45, 2.75) is 55.3 Å². The lowest BCUT2D eigenvalue weighted by atomic mass is 9.49. The minimum atomic E-state index is -1.07. The summed E-state index contributed by atoms with van der Waals surface area (Å²) < 4.78 is 12.5. The molecule has 0 amide bonds. The van der Waals surface area contributed by atoms with Crippen LogP contribution in [-0.2, 0) is 18.3 Å². The maximum Gasteiger partial charge on any atom is 0.193 e. The van der Waals surface area contributed by atoms with Gasteiger partial charge < -0.3 is 19.6 Å². The standard InChI is InChI=1S/C28H28N2O4/c1-33-20-9-8-16-12-21-28(32)13-18-23(29-19-5-3-2-4-17(19)24(18)31)26-27(28,22(16)25(20)34-26)10-11-30(21)14-15-6-7-15/h2-5,8-9,15,21,26,32H,6-7,10-14H2,1H3,(H,29,31)/t21-,26?,27-,28?/m0/s1. The van der Waals surface area contributed by atoms with Gasteiger partial charge in [-0.1, -0.05) is 18.2 Å². The van der Waals surface area contributed by atoms with Crippen LogP contribution in [0.15, 0.2) is 41.2 Å². The fraction of sp³-hybridized carbons (Fsp3) is 0.464. The molecule has 1 saturated heterocycles. The van der Waals surface area contributed by atoms with Crippen LogP contribution in [0.25, 0.3) is 10.9 Å². The first-order chi connectivity index (χ1) is 16.5. The number of rotatable bonds is 3. The summed E-state index contributed by atoms with van der Waals surface area (Å²) in [6, 6.07) is 11.8. The lowest BCUT2D eigenvalue weighted by molar-refractivity contribution is -0.173. The van der Waals surface area contributed by atoms with Gasteiger partial charge in [0.1, 0.15) is 0 Å². The molecule has 8 rings (SSSR count). The van der Waals surface area contributed by atoms with Gasteiger partial charge in [0.25, 0.3) is 0 Å². The molecular weight excluding hydrogens is 428 g/mol. The number of nitrogens with zero attached hydrogens (tertiary/aromatic N) is 1. The van der Waals surface area contributed by atoms with Crippen molar-refractivity contribution in [2.75, 3.05) is 20.2 Å². The van der Waals surface area contributed by atoms with E-state index in [4.69, 9.17) is 9.47 Å². The Labute approximate surface area is 197 Å². The minimum Gasteiger partial charge on any atom is -0.493 e. The molecule has 4 atom stereocenters. The number of hydrogen-bond donors (Lipinski definition) is 2. The molecule has 1 spiro atoms. The van der Waals surface area contributed by atoms with Crippen LogP contribution in [-0.4, -0.2) is 46.8 Å². The third-order valence-corrected chi connectivity index (χ3v) is 9.47. The number of H-pyrrole nitrogens is 1. The molecule has 2 N–H and O–H groups in total. The second-order valence-corrected chi connectivity index (χ2v) is 11.0. The quantitative estimate of drug-likeness (QED) is 0.633. The number of ether oxygens (including phenoxy) is 2. The zero-order valence-corrected chi connectivity index (χ0v) is 19.3. The molecule has 2 bridgehead atoms. The molecule has 1 saturated carbocycles. The summed E-state index contributed by atoms with van der Waals surface area (Å²) in [5.41, 5.74) is 3.03. The van der Waals surface area contributed by atoms with E-state index in [9.17, 15) is 9.90 Å². The van der Waals surface area contributed by atoms with Crippen LogP contribution in [0.3, 0.4) is 0 Å². The van der Waals surface area contributed by atoms with E-state index in [0.29, 0.717) is 23.1 Å². The smallest absolute Gasteiger partial charge is 0.193 e. The highest BCUT2D eigenvalue weighted by atomic mass is 16.5. The van der Waals surface area contributed by atoms with Crippen LogP contribution in [0.5, 0.6) is 11.5 Å². The number of methoxy groups -OCH3 is 1. The Balaban J connectivity index is 1.43. The fourth-order valence-corrected chi connectivity index (χ4v) is 7.78. The van der Waals surface area contributed by atoms with Crippen molar-refractivity contribution >= 4 is 10.9 Å². The molecule has 3 aliphatic carbocycles. The number of aliphatic hydroxyl groups is 1. The van der Waals surface area contributed by atoms with Gasteiger partial charge in [0.15, 0.2) is 23.0 Å². The predicted octanol–water partition coefficient (Wildman–Crippen LogP) is 3.24. The van der Waals surface area contributed by atoms with E-state index in [1.54, 1.807) is 7.11 Å². The number of benzene rings is 2. The van der Waals surface area contributed by atoms with E-state index in [-0.39, 0.29) is 11.5 Å². The van der Waals surface area contributed by atoms with Crippen molar-refractivity contribution in [2.24, 2.45) is 5.92 Å². The Bertz CT molecular complexity index is 1440. The van der Waals surface area contributed by atoms with E-state index < -0.39 is 17.1 Å². The molecule has 34 heavy (non-hydrogen) atoms. The second-order valence-electron chi connectivity index (χ2n) is 11.0. The molecule has 0 radical (unpaired) electrons. The number of para-hydroxylation sites is 1. The molecule has 174 valence electrons. The lowest BCUT2D eigenvalue weighted by Gasteiger charge is -2.62. The van der Waals surface area contributed by atoms with Gasteiger partial charge in [0.2, 0.25) is 0 Å². The number of piperidine rings is 1. The number of aromatic nitrogens is 1. The molecule has 6 heteroatoms. The average molecular weight is 457 g/mol. The Morgan fingerprint density at radius 1 is 1.24 bits per heavy atom. The number of aromatic amines is 1. The van der Waals surface area contributed by atoms with Crippen LogP contribution >= 0.6 is 0 Å². The summed E-state index contributed by atoms with van der Waals surface area (Å²) in [4.78, 5) is 19.8. The number of nitrogens with one attached hydrogen (secondary N) is 1. The molecule has 5 aliphatic rings. The molecule has 2 aromatic carbocycles. The monoisotopic (exact) mass is 456 g/mol. The minimum absolute atomic E-state index is 0.0109. The second kappa shape index (κ2) is 6.23. The highest BCUT2D eigenvalue weighted by Crippen LogP contribution is 2.68. The lowest BCUT2D eigenvalue weighted by Crippen LogP contribution is -2.75. The summed E-state index contributed by atoms with van der Waals surface area (Å²) in [5.74, 6) is 2.19.